The summed E-state index contributed by atoms with van der Waals surface area (Å²) in [6.45, 7) is 4.33. The first-order chi connectivity index (χ1) is 32.4. The number of halogens is 4. The first-order valence-corrected chi connectivity index (χ1v) is 23.2. The van der Waals surface area contributed by atoms with Gasteiger partial charge in [-0.1, -0.05) is 0 Å². The van der Waals surface area contributed by atoms with E-state index in [1.54, 1.807) is 23.0 Å². The highest BCUT2D eigenvalue weighted by Gasteiger charge is 2.41. The van der Waals surface area contributed by atoms with Gasteiger partial charge < -0.3 is 24.6 Å². The van der Waals surface area contributed by atoms with Crippen LogP contribution >= 0.6 is 0 Å². The molecule has 0 spiro atoms. The van der Waals surface area contributed by atoms with Crippen molar-refractivity contribution in [3.8, 4) is 0 Å². The molecule has 18 nitrogen and oxygen atoms in total. The van der Waals surface area contributed by atoms with Gasteiger partial charge >= 0.3 is 5.69 Å². The van der Waals surface area contributed by atoms with E-state index in [4.69, 9.17) is 14.5 Å². The number of alkyl halides is 3. The Morgan fingerprint density at radius 1 is 1.01 bits per heavy atom. The lowest BCUT2D eigenvalue weighted by atomic mass is 9.85. The van der Waals surface area contributed by atoms with Crippen LogP contribution in [0.5, 0.6) is 0 Å². The van der Waals surface area contributed by atoms with E-state index in [9.17, 15) is 28.0 Å². The molecule has 6 fully saturated rings. The van der Waals surface area contributed by atoms with Crippen LogP contribution in [0.2, 0.25) is 0 Å². The molecular formula is C45H52F4N12O6. The maximum atomic E-state index is 16.0. The number of carbonyl (C=O) groups excluding carboxylic acids is 3. The zero-order chi connectivity index (χ0) is 46.2. The van der Waals surface area contributed by atoms with Crippen LogP contribution < -0.4 is 26.1 Å². The van der Waals surface area contributed by atoms with Crippen LogP contribution in [0.15, 0.2) is 41.6 Å². The minimum atomic E-state index is -2.90. The highest BCUT2D eigenvalue weighted by atomic mass is 19.3. The smallest absolute Gasteiger partial charge is 0.329 e. The first-order valence-electron chi connectivity index (χ1n) is 23.2. The van der Waals surface area contributed by atoms with Crippen LogP contribution in [-0.2, 0) is 26.1 Å². The average molecular weight is 933 g/mol. The lowest BCUT2D eigenvalue weighted by molar-refractivity contribution is -0.135. The zero-order valence-electron chi connectivity index (χ0n) is 36.9. The van der Waals surface area contributed by atoms with E-state index in [0.717, 1.165) is 25.8 Å². The van der Waals surface area contributed by atoms with E-state index in [2.05, 4.69) is 30.6 Å². The third-order valence-corrected chi connectivity index (χ3v) is 14.8. The summed E-state index contributed by atoms with van der Waals surface area (Å²) in [5.74, 6) is -1.08. The number of imidazole rings is 1. The Morgan fingerprint density at radius 2 is 1.84 bits per heavy atom. The van der Waals surface area contributed by atoms with Gasteiger partial charge in [0.2, 0.25) is 11.8 Å². The van der Waals surface area contributed by atoms with E-state index < -0.39 is 59.7 Å². The standard InChI is InChI=1S/C45H52F4N12O6/c1-55-40-33(61(45(55)65)34-8-9-37(62)53-44(34)64)7-6-32(38(40)47)57-17-25(18-57)22-67-35-10-12-56(20-30(35)46)16-24-2-4-26(5-3-24)60-21-31(39(54-60)41(48)49)51-43(63)29-15-50-59-13-11-36(52-42(29)59)58-19-28-14-27(58)23-66-28/h6-7,11,13,15,21,24-28,30,34-35,41H,2-5,8-10,12,14,16-20,22-23H2,1H3,(H,51,63)(H,53,62,64)/t24?,26?,27-,28-,30-,34?,35+/m1/s1. The molecule has 3 amide bonds. The Balaban J connectivity index is 0.642. The molecular weight excluding hydrogens is 881 g/mol. The number of rotatable bonds is 12. The summed E-state index contributed by atoms with van der Waals surface area (Å²) in [4.78, 5) is 61.8. The normalized spacial score (nSPS) is 27.2. The molecule has 2 N–H and O–H groups in total. The van der Waals surface area contributed by atoms with Gasteiger partial charge in [-0.25, -0.2) is 31.9 Å². The number of morpholine rings is 1. The number of fused-ring (bicyclic) bond motifs is 4. The van der Waals surface area contributed by atoms with E-state index in [0.29, 0.717) is 81.7 Å². The minimum Gasteiger partial charge on any atom is -0.375 e. The van der Waals surface area contributed by atoms with Crippen LogP contribution in [-0.4, -0.2) is 133 Å². The Bertz CT molecular complexity index is 2800. The SMILES string of the molecule is Cn1c(=O)n(C2CCC(=O)NC2=O)c2ccc(N3CC(CO[C@H]4CCN(CC5CCC(n6cc(NC(=O)c7cnn8ccc(N9C[C@H]%10C[C@@H]9CO%10)nc78)c(C(F)F)n6)CC5)C[C@H]4F)C3)c(F)c21. The highest BCUT2D eigenvalue weighted by Crippen LogP contribution is 2.38. The fourth-order valence-corrected chi connectivity index (χ4v) is 11.2. The molecule has 1 aliphatic carbocycles. The molecule has 0 radical (unpaired) electrons. The lowest BCUT2D eigenvalue weighted by Crippen LogP contribution is -2.51. The molecule has 5 atom stereocenters. The van der Waals surface area contributed by atoms with Gasteiger partial charge in [0, 0.05) is 71.0 Å². The maximum Gasteiger partial charge on any atom is 0.329 e. The van der Waals surface area contributed by atoms with Crippen molar-refractivity contribution in [2.24, 2.45) is 18.9 Å². The number of nitrogens with one attached hydrogen (secondary N) is 2. The number of anilines is 3. The first kappa shape index (κ1) is 43.7. The summed E-state index contributed by atoms with van der Waals surface area (Å²) in [6.07, 6.45) is 4.89. The summed E-state index contributed by atoms with van der Waals surface area (Å²) in [5, 5.41) is 13.4. The number of hydrogen-bond donors (Lipinski definition) is 2. The number of imide groups is 1. The van der Waals surface area contributed by atoms with Gasteiger partial charge in [-0.2, -0.15) is 10.2 Å². The number of benzene rings is 1. The third kappa shape index (κ3) is 8.02. The van der Waals surface area contributed by atoms with Crippen LogP contribution in [0.1, 0.15) is 85.9 Å². The fourth-order valence-electron chi connectivity index (χ4n) is 11.2. The molecule has 5 aromatic rings. The number of amides is 3. The summed E-state index contributed by atoms with van der Waals surface area (Å²) in [5.41, 5.74) is 0.0860. The van der Waals surface area contributed by atoms with Crippen molar-refractivity contribution in [2.75, 3.05) is 67.6 Å². The maximum absolute atomic E-state index is 16.0. The van der Waals surface area contributed by atoms with Crippen LogP contribution in [0.3, 0.4) is 0 Å². The number of carbonyl (C=O) groups is 3. The molecule has 356 valence electrons. The summed E-state index contributed by atoms with van der Waals surface area (Å²) < 4.78 is 77.5. The Hall–Kier alpha value is -5.87. The van der Waals surface area contributed by atoms with E-state index >= 15 is 8.78 Å². The molecule has 6 aliphatic rings. The molecule has 1 aromatic carbocycles. The molecule has 11 rings (SSSR count). The number of piperidine rings is 2. The summed E-state index contributed by atoms with van der Waals surface area (Å²) >= 11 is 0. The van der Waals surface area contributed by atoms with Gasteiger partial charge in [0.1, 0.15) is 29.1 Å². The third-order valence-electron chi connectivity index (χ3n) is 14.8. The Morgan fingerprint density at radius 3 is 2.57 bits per heavy atom. The van der Waals surface area contributed by atoms with Crippen molar-refractivity contribution in [1.29, 1.82) is 0 Å². The van der Waals surface area contributed by atoms with Crippen molar-refractivity contribution in [3.63, 3.8) is 0 Å². The highest BCUT2D eigenvalue weighted by molar-refractivity contribution is 6.08. The molecule has 9 heterocycles. The van der Waals surface area contributed by atoms with Crippen molar-refractivity contribution >= 4 is 51.6 Å². The second kappa shape index (κ2) is 17.3. The number of ether oxygens (including phenoxy) is 2. The van der Waals surface area contributed by atoms with Crippen LogP contribution in [0.25, 0.3) is 16.7 Å². The minimum absolute atomic E-state index is 0.0540. The van der Waals surface area contributed by atoms with Crippen molar-refractivity contribution in [1.82, 2.24) is 43.7 Å². The van der Waals surface area contributed by atoms with Gasteiger partial charge in [-0.05, 0) is 69.1 Å². The predicted octanol–water partition coefficient (Wildman–Crippen LogP) is 4.16. The molecule has 5 saturated heterocycles. The van der Waals surface area contributed by atoms with Gasteiger partial charge in [0.05, 0.1) is 60.6 Å². The fraction of sp³-hybridized carbons (Fsp3) is 0.578. The van der Waals surface area contributed by atoms with Gasteiger partial charge in [-0.3, -0.25) is 38.4 Å². The van der Waals surface area contributed by atoms with Gasteiger partial charge in [0.25, 0.3) is 12.3 Å². The van der Waals surface area contributed by atoms with E-state index in [1.165, 1.54) is 33.1 Å². The number of likely N-dealkylation sites (tertiary alicyclic amines) is 1. The van der Waals surface area contributed by atoms with Gasteiger partial charge in [-0.15, -0.1) is 0 Å². The van der Waals surface area contributed by atoms with Crippen molar-refractivity contribution in [2.45, 2.75) is 94.3 Å². The number of nitrogens with zero attached hydrogens (tertiary/aromatic N) is 10. The van der Waals surface area contributed by atoms with E-state index in [1.807, 2.05) is 11.0 Å². The number of aromatic nitrogens is 7. The second-order valence-electron chi connectivity index (χ2n) is 19.1. The molecule has 1 saturated carbocycles. The molecule has 1 unspecified atom stereocenters. The number of hydrogen-bond acceptors (Lipinski definition) is 12. The molecule has 5 aliphatic heterocycles. The quantitative estimate of drug-likeness (QED) is 0.135. The number of aryl methyl sites for hydroxylation is 1. The Kier molecular flexibility index (Phi) is 11.3. The van der Waals surface area contributed by atoms with Crippen LogP contribution in [0.4, 0.5) is 34.8 Å². The molecule has 67 heavy (non-hydrogen) atoms. The van der Waals surface area contributed by atoms with E-state index in [-0.39, 0.29) is 65.8 Å². The molecule has 22 heteroatoms. The average Bonchev–Trinajstić information content (AvgIpc) is 4.15. The second-order valence-corrected chi connectivity index (χ2v) is 19.1. The summed E-state index contributed by atoms with van der Waals surface area (Å²) in [7, 11) is 1.46. The lowest BCUT2D eigenvalue weighted by Gasteiger charge is -2.42. The largest absolute Gasteiger partial charge is 0.375 e. The molecule has 4 aromatic heterocycles. The Labute approximate surface area is 381 Å². The molecule has 2 bridgehead atoms. The topological polar surface area (TPSA) is 178 Å². The van der Waals surface area contributed by atoms with Crippen molar-refractivity contribution in [3.05, 3.63) is 64.3 Å². The summed E-state index contributed by atoms with van der Waals surface area (Å²) in [6, 6.07) is 4.26. The monoisotopic (exact) mass is 932 g/mol. The van der Waals surface area contributed by atoms with Crippen LogP contribution in [0, 0.1) is 17.7 Å². The van der Waals surface area contributed by atoms with Gasteiger partial charge in [0.15, 0.2) is 17.2 Å². The predicted molar refractivity (Wildman–Crippen MR) is 235 cm³/mol. The van der Waals surface area contributed by atoms with Crippen molar-refractivity contribution < 1.29 is 41.4 Å². The zero-order valence-corrected chi connectivity index (χ0v) is 36.9.